The van der Waals surface area contributed by atoms with E-state index < -0.39 is 6.04 Å². The maximum atomic E-state index is 11.8. The van der Waals surface area contributed by atoms with Crippen molar-refractivity contribution < 1.29 is 9.53 Å². The van der Waals surface area contributed by atoms with Gasteiger partial charge in [-0.1, -0.05) is 0 Å². The molecule has 0 aliphatic carbocycles. The van der Waals surface area contributed by atoms with Crippen molar-refractivity contribution in [3.8, 4) is 0 Å². The number of tetrazole rings is 1. The molecular formula is C11H16N6O2. The number of esters is 1. The molecule has 0 fully saturated rings. The predicted molar refractivity (Wildman–Crippen MR) is 67.7 cm³/mol. The second-order valence-corrected chi connectivity index (χ2v) is 4.49. The lowest BCUT2D eigenvalue weighted by molar-refractivity contribution is -0.148. The molecule has 0 N–H and O–H groups in total. The van der Waals surface area contributed by atoms with Gasteiger partial charge in [-0.25, -0.2) is 4.79 Å². The predicted octanol–water partition coefficient (Wildman–Crippen LogP) is 0.296. The first-order chi connectivity index (χ1) is 8.99. The fraction of sp³-hybridized carbons (Fsp3) is 0.545. The van der Waals surface area contributed by atoms with E-state index >= 15 is 0 Å². The van der Waals surface area contributed by atoms with E-state index in [-0.39, 0.29) is 12.1 Å². The Labute approximate surface area is 110 Å². The summed E-state index contributed by atoms with van der Waals surface area (Å²) in [6.45, 7) is 5.39. The molecule has 2 aromatic heterocycles. The van der Waals surface area contributed by atoms with Gasteiger partial charge in [0, 0.05) is 7.05 Å². The van der Waals surface area contributed by atoms with Gasteiger partial charge < -0.3 is 9.64 Å². The molecule has 0 aliphatic rings. The van der Waals surface area contributed by atoms with Crippen LogP contribution in [-0.4, -0.2) is 50.4 Å². The van der Waals surface area contributed by atoms with Gasteiger partial charge in [0.05, 0.1) is 6.10 Å². The topological polar surface area (TPSA) is 85.5 Å². The zero-order chi connectivity index (χ0) is 14.0. The molecule has 2 rings (SSSR count). The molecule has 0 aliphatic heterocycles. The Hall–Kier alpha value is -2.25. The molecular weight excluding hydrogens is 248 g/mol. The van der Waals surface area contributed by atoms with Gasteiger partial charge in [0.1, 0.15) is 6.04 Å². The highest BCUT2D eigenvalue weighted by atomic mass is 16.5. The summed E-state index contributed by atoms with van der Waals surface area (Å²) in [6.07, 6.45) is -0.140. The Bertz CT molecular complexity index is 581. The highest BCUT2D eigenvalue weighted by Crippen LogP contribution is 2.13. The number of anilines is 1. The lowest BCUT2D eigenvalue weighted by atomic mass is 10.3. The molecule has 0 bridgehead atoms. The Kier molecular flexibility index (Phi) is 3.59. The van der Waals surface area contributed by atoms with E-state index in [1.807, 2.05) is 13.8 Å². The molecule has 0 spiro atoms. The van der Waals surface area contributed by atoms with Crippen LogP contribution in [-0.2, 0) is 9.53 Å². The summed E-state index contributed by atoms with van der Waals surface area (Å²) in [5.41, 5.74) is 0.551. The van der Waals surface area contributed by atoms with E-state index in [2.05, 4.69) is 20.6 Å². The number of ether oxygens (including phenoxy) is 1. The number of fused-ring (bicyclic) bond motifs is 1. The van der Waals surface area contributed by atoms with Crippen molar-refractivity contribution in [3.63, 3.8) is 0 Å². The van der Waals surface area contributed by atoms with Gasteiger partial charge in [-0.3, -0.25) is 0 Å². The fourth-order valence-corrected chi connectivity index (χ4v) is 1.52. The van der Waals surface area contributed by atoms with E-state index in [1.54, 1.807) is 31.0 Å². The monoisotopic (exact) mass is 264 g/mol. The van der Waals surface area contributed by atoms with Crippen LogP contribution < -0.4 is 4.90 Å². The highest BCUT2D eigenvalue weighted by molar-refractivity contribution is 5.79. The number of hydrogen-bond donors (Lipinski definition) is 0. The average molecular weight is 264 g/mol. The van der Waals surface area contributed by atoms with Gasteiger partial charge in [0.2, 0.25) is 0 Å². The van der Waals surface area contributed by atoms with Crippen molar-refractivity contribution in [3.05, 3.63) is 12.1 Å². The molecule has 2 heterocycles. The van der Waals surface area contributed by atoms with Crippen LogP contribution >= 0.6 is 0 Å². The summed E-state index contributed by atoms with van der Waals surface area (Å²) in [4.78, 5) is 13.6. The summed E-state index contributed by atoms with van der Waals surface area (Å²) in [6, 6.07) is 3.05. The van der Waals surface area contributed by atoms with Gasteiger partial charge in [0.25, 0.3) is 0 Å². The number of nitrogens with zero attached hydrogens (tertiary/aromatic N) is 6. The van der Waals surface area contributed by atoms with Crippen LogP contribution in [0.2, 0.25) is 0 Å². The number of carbonyl (C=O) groups is 1. The summed E-state index contributed by atoms with van der Waals surface area (Å²) >= 11 is 0. The van der Waals surface area contributed by atoms with E-state index in [0.717, 1.165) is 0 Å². The van der Waals surface area contributed by atoms with E-state index in [1.165, 1.54) is 4.63 Å². The normalized spacial score (nSPS) is 12.7. The Morgan fingerprint density at radius 1 is 1.37 bits per heavy atom. The lowest BCUT2D eigenvalue weighted by Crippen LogP contribution is -2.39. The van der Waals surface area contributed by atoms with Gasteiger partial charge in [0.15, 0.2) is 11.5 Å². The molecule has 0 amide bonds. The number of rotatable bonds is 4. The number of likely N-dealkylation sites (N-methyl/N-ethyl adjacent to an activating group) is 1. The molecule has 0 saturated carbocycles. The summed E-state index contributed by atoms with van der Waals surface area (Å²) in [7, 11) is 1.77. The molecule has 0 radical (unpaired) electrons. The SMILES string of the molecule is CC(C)OC(=O)C(C)N(C)c1ccc2nnnn2n1. The first-order valence-corrected chi connectivity index (χ1v) is 5.98. The zero-order valence-corrected chi connectivity index (χ0v) is 11.3. The van der Waals surface area contributed by atoms with Crippen molar-refractivity contribution in [2.45, 2.75) is 32.9 Å². The molecule has 8 heteroatoms. The number of aromatic nitrogens is 5. The largest absolute Gasteiger partial charge is 0.461 e. The molecule has 102 valence electrons. The highest BCUT2D eigenvalue weighted by Gasteiger charge is 2.22. The van der Waals surface area contributed by atoms with Crippen molar-refractivity contribution in [1.82, 2.24) is 25.3 Å². The van der Waals surface area contributed by atoms with Gasteiger partial charge in [-0.15, -0.1) is 14.8 Å². The molecule has 0 aromatic carbocycles. The Morgan fingerprint density at radius 3 is 2.79 bits per heavy atom. The van der Waals surface area contributed by atoms with Crippen molar-refractivity contribution >= 4 is 17.4 Å². The van der Waals surface area contributed by atoms with Gasteiger partial charge >= 0.3 is 5.97 Å². The van der Waals surface area contributed by atoms with Crippen molar-refractivity contribution in [2.75, 3.05) is 11.9 Å². The minimum absolute atomic E-state index is 0.140. The van der Waals surface area contributed by atoms with Gasteiger partial charge in [-0.2, -0.15) is 0 Å². The lowest BCUT2D eigenvalue weighted by Gasteiger charge is -2.24. The molecule has 2 aromatic rings. The molecule has 8 nitrogen and oxygen atoms in total. The standard InChI is InChI=1S/C11H16N6O2/c1-7(2)19-11(18)8(3)16(4)10-6-5-9-12-14-15-17(9)13-10/h5-8H,1-4H3. The zero-order valence-electron chi connectivity index (χ0n) is 11.3. The maximum absolute atomic E-state index is 11.8. The van der Waals surface area contributed by atoms with Crippen LogP contribution in [0.4, 0.5) is 5.82 Å². The average Bonchev–Trinajstić information content (AvgIpc) is 2.83. The van der Waals surface area contributed by atoms with Crippen LogP contribution in [0.1, 0.15) is 20.8 Å². The minimum Gasteiger partial charge on any atom is -0.461 e. The second kappa shape index (κ2) is 5.17. The summed E-state index contributed by atoms with van der Waals surface area (Å²) in [5, 5.41) is 15.2. The number of hydrogen-bond acceptors (Lipinski definition) is 7. The van der Waals surface area contributed by atoms with Gasteiger partial charge in [-0.05, 0) is 43.3 Å². The van der Waals surface area contributed by atoms with Crippen LogP contribution in [0.25, 0.3) is 5.65 Å². The molecule has 1 unspecified atom stereocenters. The van der Waals surface area contributed by atoms with E-state index in [4.69, 9.17) is 4.74 Å². The molecule has 19 heavy (non-hydrogen) atoms. The third kappa shape index (κ3) is 2.78. The minimum atomic E-state index is -0.441. The Morgan fingerprint density at radius 2 is 2.11 bits per heavy atom. The van der Waals surface area contributed by atoms with Crippen LogP contribution in [0.15, 0.2) is 12.1 Å². The van der Waals surface area contributed by atoms with Crippen LogP contribution in [0.5, 0.6) is 0 Å². The maximum Gasteiger partial charge on any atom is 0.328 e. The van der Waals surface area contributed by atoms with Crippen molar-refractivity contribution in [2.24, 2.45) is 0 Å². The smallest absolute Gasteiger partial charge is 0.328 e. The first-order valence-electron chi connectivity index (χ1n) is 5.98. The fourth-order valence-electron chi connectivity index (χ4n) is 1.52. The van der Waals surface area contributed by atoms with Crippen molar-refractivity contribution in [1.29, 1.82) is 0 Å². The Balaban J connectivity index is 2.17. The van der Waals surface area contributed by atoms with Crippen LogP contribution in [0.3, 0.4) is 0 Å². The van der Waals surface area contributed by atoms with Crippen LogP contribution in [0, 0.1) is 0 Å². The summed E-state index contributed by atoms with van der Waals surface area (Å²) in [5.74, 6) is 0.295. The summed E-state index contributed by atoms with van der Waals surface area (Å²) < 4.78 is 6.48. The molecule has 1 atom stereocenters. The second-order valence-electron chi connectivity index (χ2n) is 4.49. The number of carbonyl (C=O) groups excluding carboxylic acids is 1. The third-order valence-electron chi connectivity index (χ3n) is 2.69. The third-order valence-corrected chi connectivity index (χ3v) is 2.69. The van der Waals surface area contributed by atoms with E-state index in [0.29, 0.717) is 11.5 Å². The van der Waals surface area contributed by atoms with E-state index in [9.17, 15) is 4.79 Å². The molecule has 0 saturated heterocycles. The first kappa shape index (κ1) is 13.2. The quantitative estimate of drug-likeness (QED) is 0.734.